The monoisotopic (exact) mass is 267 g/mol. The number of nitrogens with zero attached hydrogens (tertiary/aromatic N) is 1. The fraction of sp³-hybridized carbons (Fsp3) is 0.500. The lowest BCUT2D eigenvalue weighted by Crippen LogP contribution is -2.30. The second-order valence-electron chi connectivity index (χ2n) is 4.85. The van der Waals surface area contributed by atoms with E-state index in [4.69, 9.17) is 16.7 Å². The van der Waals surface area contributed by atoms with Gasteiger partial charge in [0.25, 0.3) is 0 Å². The summed E-state index contributed by atoms with van der Waals surface area (Å²) in [5.41, 5.74) is 2.34. The molecule has 1 fully saturated rings. The molecule has 0 radical (unpaired) electrons. The highest BCUT2D eigenvalue weighted by atomic mass is 35.5. The zero-order valence-electron chi connectivity index (χ0n) is 10.5. The normalized spacial score (nSPS) is 19.2. The summed E-state index contributed by atoms with van der Waals surface area (Å²) in [5, 5.41) is 9.53. The van der Waals surface area contributed by atoms with Crippen molar-refractivity contribution in [2.75, 3.05) is 11.4 Å². The number of anilines is 1. The molecule has 1 aromatic rings. The summed E-state index contributed by atoms with van der Waals surface area (Å²) < 4.78 is 0. The van der Waals surface area contributed by atoms with Crippen LogP contribution < -0.4 is 4.90 Å². The van der Waals surface area contributed by atoms with Gasteiger partial charge in [-0.25, -0.2) is 0 Å². The van der Waals surface area contributed by atoms with Gasteiger partial charge in [0.1, 0.15) is 0 Å². The first kappa shape index (κ1) is 13.2. The molecule has 18 heavy (non-hydrogen) atoms. The average molecular weight is 268 g/mol. The van der Waals surface area contributed by atoms with Crippen LogP contribution in [0.4, 0.5) is 5.69 Å². The van der Waals surface area contributed by atoms with Crippen LogP contribution in [0.5, 0.6) is 0 Å². The highest BCUT2D eigenvalue weighted by Gasteiger charge is 2.26. The number of carboxylic acid groups (broad SMARTS) is 1. The van der Waals surface area contributed by atoms with Crippen LogP contribution >= 0.6 is 11.6 Å². The number of carboxylic acids is 1. The van der Waals surface area contributed by atoms with Crippen LogP contribution in [0.25, 0.3) is 0 Å². The molecule has 4 heteroatoms. The first-order valence-corrected chi connectivity index (χ1v) is 6.70. The quantitative estimate of drug-likeness (QED) is 0.908. The molecule has 0 aromatic heterocycles. The number of benzene rings is 1. The van der Waals surface area contributed by atoms with Gasteiger partial charge in [0, 0.05) is 29.7 Å². The van der Waals surface area contributed by atoms with Gasteiger partial charge in [0.15, 0.2) is 0 Å². The van der Waals surface area contributed by atoms with E-state index in [0.29, 0.717) is 6.04 Å². The Morgan fingerprint density at radius 1 is 1.56 bits per heavy atom. The summed E-state index contributed by atoms with van der Waals surface area (Å²) in [4.78, 5) is 13.0. The Labute approximate surface area is 112 Å². The third-order valence-corrected chi connectivity index (χ3v) is 3.77. The summed E-state index contributed by atoms with van der Waals surface area (Å²) in [6, 6.07) is 6.25. The summed E-state index contributed by atoms with van der Waals surface area (Å²) >= 11 is 5.97. The van der Waals surface area contributed by atoms with Crippen molar-refractivity contribution in [2.24, 2.45) is 0 Å². The molecule has 1 aromatic carbocycles. The smallest absolute Gasteiger partial charge is 0.303 e. The van der Waals surface area contributed by atoms with Crippen molar-refractivity contribution in [1.29, 1.82) is 0 Å². The van der Waals surface area contributed by atoms with Crippen molar-refractivity contribution in [1.82, 2.24) is 0 Å². The Hall–Kier alpha value is -1.22. The fourth-order valence-corrected chi connectivity index (χ4v) is 2.91. The fourth-order valence-electron chi connectivity index (χ4n) is 2.68. The van der Waals surface area contributed by atoms with E-state index in [0.717, 1.165) is 36.4 Å². The van der Waals surface area contributed by atoms with Crippen LogP contribution in [0.2, 0.25) is 5.02 Å². The third-order valence-electron chi connectivity index (χ3n) is 3.54. The van der Waals surface area contributed by atoms with E-state index < -0.39 is 5.97 Å². The van der Waals surface area contributed by atoms with E-state index in [1.54, 1.807) is 0 Å². The third kappa shape index (κ3) is 2.96. The SMILES string of the molecule is Cc1cc(Cl)ccc1N1CCCC1CCC(=O)O. The highest BCUT2D eigenvalue weighted by Crippen LogP contribution is 2.31. The molecule has 1 aliphatic heterocycles. The number of rotatable bonds is 4. The first-order valence-electron chi connectivity index (χ1n) is 6.32. The maximum absolute atomic E-state index is 10.7. The Morgan fingerprint density at radius 2 is 2.33 bits per heavy atom. The first-order chi connectivity index (χ1) is 8.58. The van der Waals surface area contributed by atoms with Gasteiger partial charge < -0.3 is 10.0 Å². The van der Waals surface area contributed by atoms with Crippen LogP contribution in [0.15, 0.2) is 18.2 Å². The number of hydrogen-bond donors (Lipinski definition) is 1. The van der Waals surface area contributed by atoms with Crippen LogP contribution in [0.1, 0.15) is 31.2 Å². The Bertz CT molecular complexity index is 447. The van der Waals surface area contributed by atoms with Crippen LogP contribution in [-0.2, 0) is 4.79 Å². The van der Waals surface area contributed by atoms with Crippen molar-refractivity contribution in [3.8, 4) is 0 Å². The van der Waals surface area contributed by atoms with E-state index in [2.05, 4.69) is 4.90 Å². The lowest BCUT2D eigenvalue weighted by Gasteiger charge is -2.28. The predicted octanol–water partition coefficient (Wildman–Crippen LogP) is 3.48. The molecule has 3 nitrogen and oxygen atoms in total. The molecule has 1 heterocycles. The van der Waals surface area contributed by atoms with Gasteiger partial charge >= 0.3 is 5.97 Å². The van der Waals surface area contributed by atoms with Crippen molar-refractivity contribution >= 4 is 23.3 Å². The van der Waals surface area contributed by atoms with Gasteiger partial charge in [-0.05, 0) is 49.9 Å². The minimum atomic E-state index is -0.713. The standard InChI is InChI=1S/C14H18ClNO2/c1-10-9-11(15)4-6-13(10)16-8-2-3-12(16)5-7-14(17)18/h4,6,9,12H,2-3,5,7-8H2,1H3,(H,17,18). The van der Waals surface area contributed by atoms with Gasteiger partial charge in [-0.15, -0.1) is 0 Å². The van der Waals surface area contributed by atoms with Crippen LogP contribution in [0.3, 0.4) is 0 Å². The number of carbonyl (C=O) groups is 1. The highest BCUT2D eigenvalue weighted by molar-refractivity contribution is 6.30. The molecule has 0 saturated carbocycles. The summed E-state index contributed by atoms with van der Waals surface area (Å²) in [5.74, 6) is -0.713. The molecule has 0 spiro atoms. The number of aliphatic carboxylic acids is 1. The lowest BCUT2D eigenvalue weighted by molar-refractivity contribution is -0.137. The Morgan fingerprint density at radius 3 is 3.00 bits per heavy atom. The van der Waals surface area contributed by atoms with Gasteiger partial charge in [0.05, 0.1) is 0 Å². The van der Waals surface area contributed by atoms with E-state index in [-0.39, 0.29) is 6.42 Å². The topological polar surface area (TPSA) is 40.5 Å². The van der Waals surface area contributed by atoms with Crippen molar-refractivity contribution in [3.05, 3.63) is 28.8 Å². The molecular weight excluding hydrogens is 250 g/mol. The van der Waals surface area contributed by atoms with E-state index in [1.165, 1.54) is 5.69 Å². The molecular formula is C14H18ClNO2. The van der Waals surface area contributed by atoms with E-state index in [1.807, 2.05) is 25.1 Å². The molecule has 1 unspecified atom stereocenters. The second-order valence-corrected chi connectivity index (χ2v) is 5.29. The molecule has 1 aliphatic rings. The Kier molecular flexibility index (Phi) is 4.12. The average Bonchev–Trinajstić information content (AvgIpc) is 2.74. The van der Waals surface area contributed by atoms with E-state index >= 15 is 0 Å². The predicted molar refractivity (Wildman–Crippen MR) is 73.4 cm³/mol. The zero-order valence-corrected chi connectivity index (χ0v) is 11.3. The largest absolute Gasteiger partial charge is 0.481 e. The molecule has 1 saturated heterocycles. The van der Waals surface area contributed by atoms with Crippen molar-refractivity contribution < 1.29 is 9.90 Å². The summed E-state index contributed by atoms with van der Waals surface area (Å²) in [6.45, 7) is 3.06. The van der Waals surface area contributed by atoms with Gasteiger partial charge in [-0.2, -0.15) is 0 Å². The molecule has 0 amide bonds. The molecule has 0 bridgehead atoms. The molecule has 2 rings (SSSR count). The minimum absolute atomic E-state index is 0.244. The van der Waals surface area contributed by atoms with Gasteiger partial charge in [-0.1, -0.05) is 11.6 Å². The summed E-state index contributed by atoms with van der Waals surface area (Å²) in [7, 11) is 0. The maximum atomic E-state index is 10.7. The molecule has 1 atom stereocenters. The molecule has 1 N–H and O–H groups in total. The molecule has 98 valence electrons. The van der Waals surface area contributed by atoms with Crippen molar-refractivity contribution in [3.63, 3.8) is 0 Å². The van der Waals surface area contributed by atoms with Crippen LogP contribution in [-0.4, -0.2) is 23.7 Å². The van der Waals surface area contributed by atoms with Crippen molar-refractivity contribution in [2.45, 2.75) is 38.6 Å². The Balaban J connectivity index is 2.13. The number of hydrogen-bond acceptors (Lipinski definition) is 2. The molecule has 0 aliphatic carbocycles. The lowest BCUT2D eigenvalue weighted by atomic mass is 10.1. The zero-order chi connectivity index (χ0) is 13.1. The van der Waals surface area contributed by atoms with Gasteiger partial charge in [0.2, 0.25) is 0 Å². The van der Waals surface area contributed by atoms with E-state index in [9.17, 15) is 4.79 Å². The summed E-state index contributed by atoms with van der Waals surface area (Å²) in [6.07, 6.45) is 3.17. The van der Waals surface area contributed by atoms with Gasteiger partial charge in [-0.3, -0.25) is 4.79 Å². The number of aryl methyl sites for hydroxylation is 1. The maximum Gasteiger partial charge on any atom is 0.303 e. The minimum Gasteiger partial charge on any atom is -0.481 e. The van der Waals surface area contributed by atoms with Crippen LogP contribution in [0, 0.1) is 6.92 Å². The number of halogens is 1. The second kappa shape index (κ2) is 5.61.